The molecule has 0 unspecified atom stereocenters. The van der Waals surface area contributed by atoms with Crippen molar-refractivity contribution in [2.75, 3.05) is 19.7 Å². The maximum Gasteiger partial charge on any atom is 0.272 e. The van der Waals surface area contributed by atoms with Crippen molar-refractivity contribution in [3.63, 3.8) is 0 Å². The number of aromatic amines is 1. The number of amides is 2. The molecule has 0 aliphatic carbocycles. The number of nitrogens with one attached hydrogen (secondary N) is 3. The van der Waals surface area contributed by atoms with Gasteiger partial charge >= 0.3 is 0 Å². The van der Waals surface area contributed by atoms with Crippen molar-refractivity contribution in [2.45, 2.75) is 12.8 Å². The maximum atomic E-state index is 11.9. The summed E-state index contributed by atoms with van der Waals surface area (Å²) < 4.78 is 0. The molecule has 2 aromatic rings. The number of hydrogen-bond donors (Lipinski definition) is 4. The average molecular weight is 318 g/mol. The lowest BCUT2D eigenvalue weighted by molar-refractivity contribution is -0.122. The van der Waals surface area contributed by atoms with Crippen molar-refractivity contribution in [1.29, 1.82) is 0 Å². The van der Waals surface area contributed by atoms with Crippen LogP contribution in [0.2, 0.25) is 0 Å². The number of H-pyrrole nitrogens is 1. The zero-order valence-electron chi connectivity index (χ0n) is 12.5. The van der Waals surface area contributed by atoms with Crippen LogP contribution in [0, 0.1) is 0 Å². The van der Waals surface area contributed by atoms with Crippen LogP contribution in [0.5, 0.6) is 0 Å². The molecule has 23 heavy (non-hydrogen) atoms. The van der Waals surface area contributed by atoms with Crippen LogP contribution in [0.1, 0.15) is 12.1 Å². The monoisotopic (exact) mass is 318 g/mol. The number of benzene rings is 1. The third-order valence-corrected chi connectivity index (χ3v) is 3.21. The minimum absolute atomic E-state index is 0.00948. The van der Waals surface area contributed by atoms with Crippen molar-refractivity contribution in [1.82, 2.24) is 20.8 Å². The van der Waals surface area contributed by atoms with Crippen LogP contribution in [0.3, 0.4) is 0 Å². The fraction of sp³-hybridized carbons (Fsp3) is 0.333. The second-order valence-electron chi connectivity index (χ2n) is 4.90. The van der Waals surface area contributed by atoms with Crippen LogP contribution in [0.25, 0.3) is 10.8 Å². The molecule has 0 aliphatic heterocycles. The Hall–Kier alpha value is -2.74. The predicted octanol–water partition coefficient (Wildman–Crippen LogP) is -0.920. The fourth-order valence-electron chi connectivity index (χ4n) is 2.12. The Morgan fingerprint density at radius 2 is 1.78 bits per heavy atom. The van der Waals surface area contributed by atoms with Crippen LogP contribution in [0.4, 0.5) is 0 Å². The predicted molar refractivity (Wildman–Crippen MR) is 83.8 cm³/mol. The van der Waals surface area contributed by atoms with Gasteiger partial charge in [-0.1, -0.05) is 18.2 Å². The number of nitrogens with zero attached hydrogens (tertiary/aromatic N) is 1. The lowest BCUT2D eigenvalue weighted by Crippen LogP contribution is -2.32. The Bertz CT molecular complexity index is 756. The summed E-state index contributed by atoms with van der Waals surface area (Å²) in [6.07, 6.45) is 0.140. The van der Waals surface area contributed by atoms with Gasteiger partial charge in [0.1, 0.15) is 0 Å². The smallest absolute Gasteiger partial charge is 0.272 e. The van der Waals surface area contributed by atoms with Crippen LogP contribution in [-0.2, 0) is 16.0 Å². The van der Waals surface area contributed by atoms with Crippen molar-refractivity contribution in [2.24, 2.45) is 0 Å². The van der Waals surface area contributed by atoms with Gasteiger partial charge in [0.15, 0.2) is 0 Å². The van der Waals surface area contributed by atoms with Gasteiger partial charge in [-0.25, -0.2) is 5.10 Å². The highest BCUT2D eigenvalue weighted by Gasteiger charge is 2.10. The summed E-state index contributed by atoms with van der Waals surface area (Å²) in [5.41, 5.74) is 0.174. The molecule has 1 aromatic carbocycles. The summed E-state index contributed by atoms with van der Waals surface area (Å²) >= 11 is 0. The van der Waals surface area contributed by atoms with Gasteiger partial charge in [0.25, 0.3) is 5.56 Å². The lowest BCUT2D eigenvalue weighted by atomic mass is 10.1. The highest BCUT2D eigenvalue weighted by molar-refractivity contribution is 5.88. The second kappa shape index (κ2) is 8.04. The van der Waals surface area contributed by atoms with E-state index in [1.807, 2.05) is 0 Å². The molecular formula is C15H18N4O4. The molecule has 0 radical (unpaired) electrons. The van der Waals surface area contributed by atoms with Crippen molar-refractivity contribution in [3.05, 3.63) is 40.3 Å². The van der Waals surface area contributed by atoms with E-state index in [9.17, 15) is 14.4 Å². The van der Waals surface area contributed by atoms with Gasteiger partial charge in [-0.05, 0) is 6.07 Å². The van der Waals surface area contributed by atoms with Crippen molar-refractivity contribution < 1.29 is 14.7 Å². The molecule has 0 spiro atoms. The van der Waals surface area contributed by atoms with Gasteiger partial charge in [-0.15, -0.1) is 0 Å². The highest BCUT2D eigenvalue weighted by atomic mass is 16.3. The van der Waals surface area contributed by atoms with Gasteiger partial charge in [0.05, 0.1) is 24.1 Å². The van der Waals surface area contributed by atoms with Crippen molar-refractivity contribution in [3.8, 4) is 0 Å². The molecule has 122 valence electrons. The molecule has 0 aliphatic rings. The lowest BCUT2D eigenvalue weighted by Gasteiger charge is -2.07. The number of aromatic nitrogens is 2. The summed E-state index contributed by atoms with van der Waals surface area (Å²) in [5.74, 6) is -0.531. The first-order valence-electron chi connectivity index (χ1n) is 7.22. The van der Waals surface area contributed by atoms with Gasteiger partial charge in [-0.2, -0.15) is 5.10 Å². The first-order chi connectivity index (χ1) is 11.1. The SMILES string of the molecule is O=C(CCNC(=O)Cc1n[nH]c(=O)c2ccccc12)NCCO. The minimum Gasteiger partial charge on any atom is -0.395 e. The number of fused-ring (bicyclic) bond motifs is 1. The van der Waals surface area contributed by atoms with Gasteiger partial charge in [0.2, 0.25) is 11.8 Å². The van der Waals surface area contributed by atoms with E-state index in [0.29, 0.717) is 16.5 Å². The molecule has 0 saturated heterocycles. The van der Waals surface area contributed by atoms with Gasteiger partial charge in [-0.3, -0.25) is 14.4 Å². The van der Waals surface area contributed by atoms with E-state index in [2.05, 4.69) is 20.8 Å². The second-order valence-corrected chi connectivity index (χ2v) is 4.90. The molecule has 8 heteroatoms. The summed E-state index contributed by atoms with van der Waals surface area (Å²) in [6, 6.07) is 6.92. The molecule has 0 saturated carbocycles. The van der Waals surface area contributed by atoms with E-state index in [4.69, 9.17) is 5.11 Å². The molecule has 2 amide bonds. The number of hydrogen-bond acceptors (Lipinski definition) is 5. The highest BCUT2D eigenvalue weighted by Crippen LogP contribution is 2.12. The first kappa shape index (κ1) is 16.6. The fourth-order valence-corrected chi connectivity index (χ4v) is 2.12. The normalized spacial score (nSPS) is 10.5. The Morgan fingerprint density at radius 3 is 2.52 bits per heavy atom. The molecule has 1 aromatic heterocycles. The van der Waals surface area contributed by atoms with Crippen LogP contribution < -0.4 is 16.2 Å². The zero-order chi connectivity index (χ0) is 16.7. The molecule has 2 rings (SSSR count). The largest absolute Gasteiger partial charge is 0.395 e. The van der Waals surface area contributed by atoms with E-state index in [0.717, 1.165) is 0 Å². The minimum atomic E-state index is -0.301. The summed E-state index contributed by atoms with van der Waals surface area (Å²) in [7, 11) is 0. The quantitative estimate of drug-likeness (QED) is 0.525. The Morgan fingerprint density at radius 1 is 1.09 bits per heavy atom. The van der Waals surface area contributed by atoms with E-state index in [1.54, 1.807) is 24.3 Å². The zero-order valence-corrected chi connectivity index (χ0v) is 12.5. The van der Waals surface area contributed by atoms with Crippen LogP contribution >= 0.6 is 0 Å². The van der Waals surface area contributed by atoms with E-state index >= 15 is 0 Å². The Balaban J connectivity index is 1.92. The molecule has 0 bridgehead atoms. The molecule has 1 heterocycles. The molecule has 0 fully saturated rings. The summed E-state index contributed by atoms with van der Waals surface area (Å²) in [5, 5.41) is 21.1. The molecule has 4 N–H and O–H groups in total. The third-order valence-electron chi connectivity index (χ3n) is 3.21. The number of carbonyl (C=O) groups is 2. The number of carbonyl (C=O) groups excluding carboxylic acids is 2. The number of rotatable bonds is 7. The number of aliphatic hydroxyl groups is 1. The van der Waals surface area contributed by atoms with Crippen LogP contribution in [-0.4, -0.2) is 46.8 Å². The average Bonchev–Trinajstić information content (AvgIpc) is 2.56. The third kappa shape index (κ3) is 4.62. The van der Waals surface area contributed by atoms with E-state index < -0.39 is 0 Å². The first-order valence-corrected chi connectivity index (χ1v) is 7.22. The number of aliphatic hydroxyl groups excluding tert-OH is 1. The molecular weight excluding hydrogens is 300 g/mol. The summed E-state index contributed by atoms with van der Waals surface area (Å²) in [6.45, 7) is 0.264. The summed E-state index contributed by atoms with van der Waals surface area (Å²) in [4.78, 5) is 34.9. The molecule has 8 nitrogen and oxygen atoms in total. The van der Waals surface area contributed by atoms with Crippen molar-refractivity contribution >= 4 is 22.6 Å². The van der Waals surface area contributed by atoms with Gasteiger partial charge in [0, 0.05) is 24.9 Å². The topological polar surface area (TPSA) is 124 Å². The maximum absolute atomic E-state index is 11.9. The van der Waals surface area contributed by atoms with E-state index in [-0.39, 0.29) is 49.9 Å². The Kier molecular flexibility index (Phi) is 5.81. The van der Waals surface area contributed by atoms with Crippen LogP contribution in [0.15, 0.2) is 29.1 Å². The standard InChI is InChI=1S/C15H18N4O4/c20-8-7-17-13(21)5-6-16-14(22)9-12-10-3-1-2-4-11(10)15(23)19-18-12/h1-4,20H,5-9H2,(H,16,22)(H,17,21)(H,19,23). The molecule has 0 atom stereocenters. The Labute approximate surface area is 131 Å². The van der Waals surface area contributed by atoms with Gasteiger partial charge < -0.3 is 15.7 Å². The van der Waals surface area contributed by atoms with E-state index in [1.165, 1.54) is 0 Å².